The van der Waals surface area contributed by atoms with Crippen molar-refractivity contribution in [1.82, 2.24) is 0 Å². The molecule has 0 heterocycles. The first-order valence-electron chi connectivity index (χ1n) is 7.49. The normalized spacial score (nSPS) is 10.2. The van der Waals surface area contributed by atoms with Crippen LogP contribution in [-0.2, 0) is 6.61 Å². The van der Waals surface area contributed by atoms with Gasteiger partial charge in [0.25, 0.3) is 0 Å². The molecule has 1 N–H and O–H groups in total. The second kappa shape index (κ2) is 7.33. The van der Waals surface area contributed by atoms with Crippen molar-refractivity contribution < 1.29 is 19.4 Å². The zero-order valence-corrected chi connectivity index (χ0v) is 12.9. The largest absolute Gasteiger partial charge is 0.507 e. The van der Waals surface area contributed by atoms with Crippen molar-refractivity contribution in [1.29, 1.82) is 0 Å². The third-order valence-corrected chi connectivity index (χ3v) is 3.39. The standard InChI is InChI=1S/C20H16O4/c21-19-12-11-17(23-14-15-7-3-1-4-8-15)13-18(19)20(22)24-16-9-5-2-6-10-16/h1-13,21H,14H2. The highest BCUT2D eigenvalue weighted by molar-refractivity contribution is 5.94. The van der Waals surface area contributed by atoms with E-state index in [-0.39, 0.29) is 11.3 Å². The third-order valence-electron chi connectivity index (χ3n) is 3.39. The molecule has 0 radical (unpaired) electrons. The molecule has 4 nitrogen and oxygen atoms in total. The van der Waals surface area contributed by atoms with Gasteiger partial charge in [-0.3, -0.25) is 0 Å². The number of rotatable bonds is 5. The van der Waals surface area contributed by atoms with Gasteiger partial charge in [0.2, 0.25) is 0 Å². The lowest BCUT2D eigenvalue weighted by atomic mass is 10.2. The molecule has 24 heavy (non-hydrogen) atoms. The molecule has 0 fully saturated rings. The van der Waals surface area contributed by atoms with Gasteiger partial charge in [-0.15, -0.1) is 0 Å². The summed E-state index contributed by atoms with van der Waals surface area (Å²) in [7, 11) is 0. The number of hydrogen-bond donors (Lipinski definition) is 1. The van der Waals surface area contributed by atoms with E-state index in [0.717, 1.165) is 5.56 Å². The predicted octanol–water partition coefficient (Wildman–Crippen LogP) is 4.19. The molecule has 0 atom stereocenters. The SMILES string of the molecule is O=C(Oc1ccccc1)c1cc(OCc2ccccc2)ccc1O. The van der Waals surface area contributed by atoms with Gasteiger partial charge >= 0.3 is 5.97 Å². The van der Waals surface area contributed by atoms with Gasteiger partial charge in [-0.2, -0.15) is 0 Å². The fourth-order valence-electron chi connectivity index (χ4n) is 2.16. The van der Waals surface area contributed by atoms with E-state index < -0.39 is 5.97 Å². The van der Waals surface area contributed by atoms with E-state index in [1.54, 1.807) is 30.3 Å². The lowest BCUT2D eigenvalue weighted by molar-refractivity contribution is 0.0731. The van der Waals surface area contributed by atoms with Gasteiger partial charge in [-0.05, 0) is 35.9 Å². The highest BCUT2D eigenvalue weighted by Gasteiger charge is 2.15. The maximum atomic E-state index is 12.2. The van der Waals surface area contributed by atoms with Gasteiger partial charge in [-0.25, -0.2) is 4.79 Å². The number of esters is 1. The smallest absolute Gasteiger partial charge is 0.347 e. The Morgan fingerprint density at radius 2 is 1.50 bits per heavy atom. The third kappa shape index (κ3) is 3.93. The molecule has 3 aromatic carbocycles. The first-order valence-corrected chi connectivity index (χ1v) is 7.49. The Labute approximate surface area is 139 Å². The minimum absolute atomic E-state index is 0.0596. The van der Waals surface area contributed by atoms with E-state index in [9.17, 15) is 9.90 Å². The molecule has 3 rings (SSSR count). The average Bonchev–Trinajstić information content (AvgIpc) is 2.62. The van der Waals surface area contributed by atoms with E-state index in [2.05, 4.69) is 0 Å². The summed E-state index contributed by atoms with van der Waals surface area (Å²) >= 11 is 0. The minimum atomic E-state index is -0.635. The highest BCUT2D eigenvalue weighted by Crippen LogP contribution is 2.25. The number of benzene rings is 3. The van der Waals surface area contributed by atoms with Crippen molar-refractivity contribution in [3.05, 3.63) is 90.0 Å². The zero-order chi connectivity index (χ0) is 16.8. The Morgan fingerprint density at radius 3 is 2.21 bits per heavy atom. The van der Waals surface area contributed by atoms with Crippen LogP contribution >= 0.6 is 0 Å². The minimum Gasteiger partial charge on any atom is -0.507 e. The van der Waals surface area contributed by atoms with E-state index in [0.29, 0.717) is 18.1 Å². The highest BCUT2D eigenvalue weighted by atomic mass is 16.5. The topological polar surface area (TPSA) is 55.8 Å². The van der Waals surface area contributed by atoms with Crippen LogP contribution < -0.4 is 9.47 Å². The molecule has 0 amide bonds. The van der Waals surface area contributed by atoms with Crippen LogP contribution in [0.3, 0.4) is 0 Å². The van der Waals surface area contributed by atoms with Crippen LogP contribution in [-0.4, -0.2) is 11.1 Å². The number of carbonyl (C=O) groups is 1. The van der Waals surface area contributed by atoms with Gasteiger partial charge in [0.1, 0.15) is 29.4 Å². The molecule has 0 aromatic heterocycles. The van der Waals surface area contributed by atoms with E-state index >= 15 is 0 Å². The van der Waals surface area contributed by atoms with Gasteiger partial charge in [-0.1, -0.05) is 48.5 Å². The monoisotopic (exact) mass is 320 g/mol. The molecular weight excluding hydrogens is 304 g/mol. The number of phenolic OH excluding ortho intramolecular Hbond substituents is 1. The van der Waals surface area contributed by atoms with Crippen LogP contribution in [0.2, 0.25) is 0 Å². The number of phenols is 1. The molecule has 0 aliphatic rings. The maximum Gasteiger partial charge on any atom is 0.347 e. The van der Waals surface area contributed by atoms with E-state index in [1.165, 1.54) is 12.1 Å². The lowest BCUT2D eigenvalue weighted by Crippen LogP contribution is -2.09. The molecule has 0 aliphatic carbocycles. The Bertz CT molecular complexity index is 814. The Balaban J connectivity index is 1.72. The molecule has 4 heteroatoms. The molecule has 0 saturated carbocycles. The maximum absolute atomic E-state index is 12.2. The Morgan fingerprint density at radius 1 is 0.833 bits per heavy atom. The van der Waals surface area contributed by atoms with Gasteiger partial charge in [0.05, 0.1) is 0 Å². The fraction of sp³-hybridized carbons (Fsp3) is 0.0500. The number of hydrogen-bond acceptors (Lipinski definition) is 4. The van der Waals surface area contributed by atoms with Gasteiger partial charge in [0, 0.05) is 0 Å². The summed E-state index contributed by atoms with van der Waals surface area (Å²) in [5.74, 6) is 0.112. The summed E-state index contributed by atoms with van der Waals surface area (Å²) in [5.41, 5.74) is 1.07. The molecule has 0 unspecified atom stereocenters. The van der Waals surface area contributed by atoms with E-state index in [1.807, 2.05) is 36.4 Å². The predicted molar refractivity (Wildman–Crippen MR) is 90.3 cm³/mol. The molecule has 3 aromatic rings. The van der Waals surface area contributed by atoms with Crippen molar-refractivity contribution in [2.45, 2.75) is 6.61 Å². The molecular formula is C20H16O4. The van der Waals surface area contributed by atoms with Crippen LogP contribution in [0, 0.1) is 0 Å². The summed E-state index contributed by atoms with van der Waals surface area (Å²) in [4.78, 5) is 12.2. The van der Waals surface area contributed by atoms with Crippen molar-refractivity contribution in [2.75, 3.05) is 0 Å². The molecule has 0 bridgehead atoms. The lowest BCUT2D eigenvalue weighted by Gasteiger charge is -2.10. The summed E-state index contributed by atoms with van der Waals surface area (Å²) in [5, 5.41) is 9.91. The molecule has 0 saturated heterocycles. The van der Waals surface area contributed by atoms with Gasteiger partial charge < -0.3 is 14.6 Å². The molecule has 120 valence electrons. The van der Waals surface area contributed by atoms with Crippen LogP contribution in [0.5, 0.6) is 17.2 Å². The van der Waals surface area contributed by atoms with Crippen LogP contribution in [0.4, 0.5) is 0 Å². The number of ether oxygens (including phenoxy) is 2. The second-order valence-corrected chi connectivity index (χ2v) is 5.16. The Kier molecular flexibility index (Phi) is 4.77. The number of carbonyl (C=O) groups excluding carboxylic acids is 1. The average molecular weight is 320 g/mol. The van der Waals surface area contributed by atoms with Crippen molar-refractivity contribution in [3.63, 3.8) is 0 Å². The van der Waals surface area contributed by atoms with Crippen molar-refractivity contribution >= 4 is 5.97 Å². The van der Waals surface area contributed by atoms with Crippen molar-refractivity contribution in [2.24, 2.45) is 0 Å². The van der Waals surface area contributed by atoms with Crippen LogP contribution in [0.15, 0.2) is 78.9 Å². The van der Waals surface area contributed by atoms with Crippen molar-refractivity contribution in [3.8, 4) is 17.2 Å². The molecule has 0 spiro atoms. The van der Waals surface area contributed by atoms with Gasteiger partial charge in [0.15, 0.2) is 0 Å². The first-order chi connectivity index (χ1) is 11.7. The number of para-hydroxylation sites is 1. The Hall–Kier alpha value is -3.27. The summed E-state index contributed by atoms with van der Waals surface area (Å²) in [6, 6.07) is 22.9. The second-order valence-electron chi connectivity index (χ2n) is 5.16. The quantitative estimate of drug-likeness (QED) is 0.566. The molecule has 0 aliphatic heterocycles. The number of aromatic hydroxyl groups is 1. The van der Waals surface area contributed by atoms with E-state index in [4.69, 9.17) is 9.47 Å². The fourth-order valence-corrected chi connectivity index (χ4v) is 2.16. The first kappa shape index (κ1) is 15.6. The van der Waals surface area contributed by atoms with Crippen LogP contribution in [0.1, 0.15) is 15.9 Å². The summed E-state index contributed by atoms with van der Waals surface area (Å²) in [6.45, 7) is 0.374. The summed E-state index contributed by atoms with van der Waals surface area (Å²) < 4.78 is 10.9. The zero-order valence-electron chi connectivity index (χ0n) is 12.9. The van der Waals surface area contributed by atoms with Crippen LogP contribution in [0.25, 0.3) is 0 Å². The summed E-state index contributed by atoms with van der Waals surface area (Å²) in [6.07, 6.45) is 0.